The maximum absolute atomic E-state index is 13.0. The molecule has 2 aromatic rings. The third-order valence-electron chi connectivity index (χ3n) is 4.64. The first kappa shape index (κ1) is 19.0. The van der Waals surface area contributed by atoms with Crippen LogP contribution < -0.4 is 5.32 Å². The van der Waals surface area contributed by atoms with Crippen molar-refractivity contribution in [3.63, 3.8) is 0 Å². The third-order valence-corrected chi connectivity index (χ3v) is 5.66. The van der Waals surface area contributed by atoms with Crippen molar-refractivity contribution < 1.29 is 14.5 Å². The summed E-state index contributed by atoms with van der Waals surface area (Å²) in [5.41, 5.74) is 1.40. The van der Waals surface area contributed by atoms with Gasteiger partial charge in [0.1, 0.15) is 6.04 Å². The van der Waals surface area contributed by atoms with E-state index in [0.717, 1.165) is 12.8 Å². The summed E-state index contributed by atoms with van der Waals surface area (Å²) >= 11 is 1.71. The number of thiophene rings is 1. The molecular weight excluding hydrogens is 366 g/mol. The van der Waals surface area contributed by atoms with Crippen molar-refractivity contribution in [1.29, 1.82) is 0 Å². The molecule has 0 radical (unpaired) electrons. The highest BCUT2D eigenvalue weighted by molar-refractivity contribution is 7.10. The van der Waals surface area contributed by atoms with Crippen LogP contribution >= 0.6 is 11.3 Å². The molecular formula is C19H21N3O4S. The molecule has 0 aliphatic carbocycles. The number of carbonyl (C=O) groups is 2. The van der Waals surface area contributed by atoms with E-state index in [4.69, 9.17) is 0 Å². The minimum atomic E-state index is -0.599. The number of nitrogens with one attached hydrogen (secondary N) is 1. The van der Waals surface area contributed by atoms with E-state index in [1.54, 1.807) is 16.2 Å². The van der Waals surface area contributed by atoms with E-state index < -0.39 is 16.9 Å². The predicted octanol–water partition coefficient (Wildman–Crippen LogP) is 3.14. The zero-order valence-electron chi connectivity index (χ0n) is 15.0. The van der Waals surface area contributed by atoms with Gasteiger partial charge in [-0.15, -0.1) is 11.3 Å². The fraction of sp³-hybridized carbons (Fsp3) is 0.368. The Labute approximate surface area is 161 Å². The SMILES string of the molecule is CCCC(NC(=O)c1ccc([N+](=O)[O-])cc1)C(=O)N1CCc2sccc2C1. The van der Waals surface area contributed by atoms with Crippen molar-refractivity contribution in [1.82, 2.24) is 10.2 Å². The van der Waals surface area contributed by atoms with Crippen LogP contribution in [0.3, 0.4) is 0 Å². The lowest BCUT2D eigenvalue weighted by Crippen LogP contribution is -2.49. The van der Waals surface area contributed by atoms with Crippen LogP contribution in [0.5, 0.6) is 0 Å². The van der Waals surface area contributed by atoms with E-state index in [1.807, 2.05) is 18.4 Å². The molecule has 27 heavy (non-hydrogen) atoms. The molecule has 0 fully saturated rings. The third kappa shape index (κ3) is 4.33. The molecule has 1 aromatic carbocycles. The average Bonchev–Trinajstić information content (AvgIpc) is 3.14. The lowest BCUT2D eigenvalue weighted by atomic mass is 10.1. The molecule has 2 heterocycles. The summed E-state index contributed by atoms with van der Waals surface area (Å²) in [7, 11) is 0. The first-order chi connectivity index (χ1) is 13.0. The number of carbonyl (C=O) groups excluding carboxylic acids is 2. The van der Waals surface area contributed by atoms with Gasteiger partial charge < -0.3 is 10.2 Å². The second-order valence-corrected chi connectivity index (χ2v) is 7.50. The van der Waals surface area contributed by atoms with Gasteiger partial charge in [0, 0.05) is 35.7 Å². The maximum Gasteiger partial charge on any atom is 0.269 e. The fourth-order valence-electron chi connectivity index (χ4n) is 3.18. The van der Waals surface area contributed by atoms with E-state index in [2.05, 4.69) is 5.32 Å². The Bertz CT molecular complexity index is 847. The summed E-state index contributed by atoms with van der Waals surface area (Å²) in [5, 5.41) is 15.6. The van der Waals surface area contributed by atoms with Crippen LogP contribution in [0.1, 0.15) is 40.6 Å². The first-order valence-electron chi connectivity index (χ1n) is 8.89. The van der Waals surface area contributed by atoms with E-state index in [1.165, 1.54) is 34.7 Å². The van der Waals surface area contributed by atoms with Gasteiger partial charge in [0.2, 0.25) is 5.91 Å². The molecule has 0 saturated heterocycles. The maximum atomic E-state index is 13.0. The first-order valence-corrected chi connectivity index (χ1v) is 9.77. The van der Waals surface area contributed by atoms with E-state index in [9.17, 15) is 19.7 Å². The van der Waals surface area contributed by atoms with Gasteiger partial charge in [0.15, 0.2) is 0 Å². The molecule has 0 saturated carbocycles. The minimum Gasteiger partial charge on any atom is -0.340 e. The molecule has 142 valence electrons. The van der Waals surface area contributed by atoms with Crippen molar-refractivity contribution >= 4 is 28.8 Å². The van der Waals surface area contributed by atoms with Gasteiger partial charge in [-0.3, -0.25) is 19.7 Å². The van der Waals surface area contributed by atoms with Gasteiger partial charge in [-0.1, -0.05) is 13.3 Å². The Morgan fingerprint density at radius 1 is 1.30 bits per heavy atom. The van der Waals surface area contributed by atoms with Crippen molar-refractivity contribution in [2.75, 3.05) is 6.54 Å². The number of amides is 2. The summed E-state index contributed by atoms with van der Waals surface area (Å²) in [6, 6.07) is 6.82. The van der Waals surface area contributed by atoms with Crippen LogP contribution in [0.2, 0.25) is 0 Å². The molecule has 1 aliphatic rings. The zero-order valence-corrected chi connectivity index (χ0v) is 15.8. The molecule has 0 spiro atoms. The number of nitro groups is 1. The van der Waals surface area contributed by atoms with Crippen LogP contribution in [0.25, 0.3) is 0 Å². The number of non-ortho nitro benzene ring substituents is 1. The lowest BCUT2D eigenvalue weighted by Gasteiger charge is -2.31. The Morgan fingerprint density at radius 3 is 2.70 bits per heavy atom. The number of hydrogen-bond acceptors (Lipinski definition) is 5. The average molecular weight is 387 g/mol. The lowest BCUT2D eigenvalue weighted by molar-refractivity contribution is -0.384. The van der Waals surface area contributed by atoms with E-state index >= 15 is 0 Å². The Balaban J connectivity index is 1.68. The number of benzene rings is 1. The normalized spacial score (nSPS) is 14.3. The van der Waals surface area contributed by atoms with Gasteiger partial charge in [-0.05, 0) is 42.0 Å². The molecule has 3 rings (SSSR count). The van der Waals surface area contributed by atoms with Crippen LogP contribution in [0.15, 0.2) is 35.7 Å². The fourth-order valence-corrected chi connectivity index (χ4v) is 4.07. The zero-order chi connectivity index (χ0) is 19.4. The summed E-state index contributed by atoms with van der Waals surface area (Å²) < 4.78 is 0. The van der Waals surface area contributed by atoms with Crippen molar-refractivity contribution in [3.8, 4) is 0 Å². The van der Waals surface area contributed by atoms with Crippen molar-refractivity contribution in [2.45, 2.75) is 38.8 Å². The molecule has 7 nitrogen and oxygen atoms in total. The predicted molar refractivity (Wildman–Crippen MR) is 103 cm³/mol. The van der Waals surface area contributed by atoms with Gasteiger partial charge in [0.25, 0.3) is 11.6 Å². The second kappa shape index (κ2) is 8.30. The molecule has 2 amide bonds. The highest BCUT2D eigenvalue weighted by Crippen LogP contribution is 2.24. The second-order valence-electron chi connectivity index (χ2n) is 6.50. The van der Waals surface area contributed by atoms with Crippen LogP contribution in [0.4, 0.5) is 5.69 Å². The van der Waals surface area contributed by atoms with Crippen molar-refractivity contribution in [2.24, 2.45) is 0 Å². The number of nitrogens with zero attached hydrogens (tertiary/aromatic N) is 2. The van der Waals surface area contributed by atoms with Crippen LogP contribution in [0, 0.1) is 10.1 Å². The molecule has 1 aliphatic heterocycles. The number of nitro benzene ring substituents is 1. The molecule has 8 heteroatoms. The summed E-state index contributed by atoms with van der Waals surface area (Å²) in [6.07, 6.45) is 2.15. The van der Waals surface area contributed by atoms with Crippen LogP contribution in [-0.2, 0) is 17.8 Å². The largest absolute Gasteiger partial charge is 0.340 e. The van der Waals surface area contributed by atoms with Crippen molar-refractivity contribution in [3.05, 3.63) is 61.8 Å². The molecule has 1 atom stereocenters. The molecule has 1 aromatic heterocycles. The van der Waals surface area contributed by atoms with Gasteiger partial charge in [-0.25, -0.2) is 0 Å². The molecule has 0 bridgehead atoms. The van der Waals surface area contributed by atoms with E-state index in [-0.39, 0.29) is 11.6 Å². The van der Waals surface area contributed by atoms with Gasteiger partial charge in [0.05, 0.1) is 4.92 Å². The monoisotopic (exact) mass is 387 g/mol. The minimum absolute atomic E-state index is 0.0763. The Morgan fingerprint density at radius 2 is 2.04 bits per heavy atom. The quantitative estimate of drug-likeness (QED) is 0.609. The number of fused-ring (bicyclic) bond motifs is 1. The summed E-state index contributed by atoms with van der Waals surface area (Å²) in [6.45, 7) is 3.19. The highest BCUT2D eigenvalue weighted by atomic mass is 32.1. The Kier molecular flexibility index (Phi) is 5.85. The standard InChI is InChI=1S/C19H21N3O4S/c1-2-3-16(19(24)21-10-8-17-14(12-21)9-11-27-17)20-18(23)13-4-6-15(7-5-13)22(25)26/h4-7,9,11,16H,2-3,8,10,12H2,1H3,(H,20,23). The highest BCUT2D eigenvalue weighted by Gasteiger charge is 2.28. The van der Waals surface area contributed by atoms with Crippen LogP contribution in [-0.4, -0.2) is 34.2 Å². The van der Waals surface area contributed by atoms with Gasteiger partial charge in [-0.2, -0.15) is 0 Å². The smallest absolute Gasteiger partial charge is 0.269 e. The van der Waals surface area contributed by atoms with Gasteiger partial charge >= 0.3 is 0 Å². The number of hydrogen-bond donors (Lipinski definition) is 1. The summed E-state index contributed by atoms with van der Waals surface area (Å²) in [4.78, 5) is 38.8. The topological polar surface area (TPSA) is 92.5 Å². The molecule has 1 unspecified atom stereocenters. The van der Waals surface area contributed by atoms with E-state index in [0.29, 0.717) is 25.1 Å². The Hall–Kier alpha value is -2.74. The summed E-state index contributed by atoms with van der Waals surface area (Å²) in [5.74, 6) is -0.478. The number of rotatable bonds is 6. The molecule has 1 N–H and O–H groups in total.